The van der Waals surface area contributed by atoms with Gasteiger partial charge in [0.15, 0.2) is 18.1 Å². The molecule has 3 heterocycles. The lowest BCUT2D eigenvalue weighted by Gasteiger charge is -2.28. The summed E-state index contributed by atoms with van der Waals surface area (Å²) in [6.07, 6.45) is 18.1. The molecule has 4 aromatic rings. The van der Waals surface area contributed by atoms with Gasteiger partial charge in [0.1, 0.15) is 20.2 Å². The number of amides is 1. The van der Waals surface area contributed by atoms with Crippen LogP contribution in [0.2, 0.25) is 0 Å². The molecule has 3 aromatic carbocycles. The molecule has 7 rings (SSSR count). The molecule has 0 atom stereocenters. The van der Waals surface area contributed by atoms with Crippen LogP contribution < -0.4 is 14.4 Å². The van der Waals surface area contributed by atoms with Crippen LogP contribution in [0.25, 0.3) is 0 Å². The van der Waals surface area contributed by atoms with Crippen molar-refractivity contribution in [3.05, 3.63) is 167 Å². The molecule has 10 heteroatoms. The number of carbonyl (C=O) groups excluding carboxylic acids is 1. The molecule has 1 aliphatic carbocycles. The number of benzene rings is 3. The number of carbonyl (C=O) groups is 1. The smallest absolute Gasteiger partial charge is 0.419 e. The predicted molar refractivity (Wildman–Crippen MR) is 250 cm³/mol. The van der Waals surface area contributed by atoms with Gasteiger partial charge in [-0.15, -0.1) is 0 Å². The largest absolute Gasteiger partial charge is 0.444 e. The topological polar surface area (TPSA) is 94.0 Å². The number of allylic oxidation sites excluding steroid dienone is 7. The summed E-state index contributed by atoms with van der Waals surface area (Å²) >= 11 is 0. The zero-order valence-electron chi connectivity index (χ0n) is 37.2. The van der Waals surface area contributed by atoms with Crippen LogP contribution in [0.15, 0.2) is 150 Å². The summed E-state index contributed by atoms with van der Waals surface area (Å²) in [6.45, 7) is 12.9. The van der Waals surface area contributed by atoms with Gasteiger partial charge in [0, 0.05) is 65.2 Å². The zero-order valence-corrected chi connectivity index (χ0v) is 38.0. The van der Waals surface area contributed by atoms with Gasteiger partial charge in [-0.25, -0.2) is 14.3 Å². The van der Waals surface area contributed by atoms with Gasteiger partial charge in [0.25, 0.3) is 10.1 Å². The van der Waals surface area contributed by atoms with Gasteiger partial charge in [-0.05, 0) is 86.9 Å². The van der Waals surface area contributed by atoms with Crippen LogP contribution in [0.5, 0.6) is 0 Å². The molecular weight excluding hydrogens is 793 g/mol. The first-order valence-electron chi connectivity index (χ1n) is 22.1. The van der Waals surface area contributed by atoms with Crippen LogP contribution in [0.4, 0.5) is 21.9 Å². The second kappa shape index (κ2) is 18.8. The lowest BCUT2D eigenvalue weighted by Crippen LogP contribution is -2.32. The third kappa shape index (κ3) is 9.57. The fraction of sp³-hybridized carbons (Fsp3) is 0.365. The Morgan fingerprint density at radius 1 is 0.823 bits per heavy atom. The van der Waals surface area contributed by atoms with E-state index in [-0.39, 0.29) is 23.2 Å². The Morgan fingerprint density at radius 2 is 1.52 bits per heavy atom. The molecule has 324 valence electrons. The maximum atomic E-state index is 14.7. The van der Waals surface area contributed by atoms with Gasteiger partial charge < -0.3 is 9.64 Å². The van der Waals surface area contributed by atoms with E-state index in [1.54, 1.807) is 4.90 Å². The van der Waals surface area contributed by atoms with E-state index in [2.05, 4.69) is 111 Å². The number of anilines is 2. The van der Waals surface area contributed by atoms with Crippen LogP contribution in [-0.4, -0.2) is 48.2 Å². The number of fused-ring (bicyclic) bond motifs is 2. The van der Waals surface area contributed by atoms with Crippen LogP contribution in [0, 0.1) is 0 Å². The first kappa shape index (κ1) is 44.5. The molecule has 0 saturated carbocycles. The van der Waals surface area contributed by atoms with Gasteiger partial charge in [0.2, 0.25) is 5.69 Å². The summed E-state index contributed by atoms with van der Waals surface area (Å²) < 4.78 is 43.2. The number of aryl methyl sites for hydroxylation is 1. The molecule has 0 bridgehead atoms. The minimum Gasteiger partial charge on any atom is -0.444 e. The Bertz CT molecular complexity index is 2550. The summed E-state index contributed by atoms with van der Waals surface area (Å²) in [4.78, 5) is 18.7. The van der Waals surface area contributed by atoms with Crippen LogP contribution >= 0.6 is 0 Å². The highest BCUT2D eigenvalue weighted by molar-refractivity contribution is 7.85. The summed E-state index contributed by atoms with van der Waals surface area (Å²) in [5, 5.41) is 0. The molecule has 0 radical (unpaired) electrons. The molecule has 1 aromatic heterocycles. The molecule has 0 saturated heterocycles. The minimum absolute atomic E-state index is 0.126. The fourth-order valence-corrected chi connectivity index (χ4v) is 9.83. The number of pyridine rings is 1. The highest BCUT2D eigenvalue weighted by atomic mass is 32.2. The maximum absolute atomic E-state index is 14.7. The van der Waals surface area contributed by atoms with Crippen molar-refractivity contribution in [1.82, 2.24) is 0 Å². The number of aromatic nitrogens is 1. The standard InChI is InChI=1S/C52H61N4O5S/c1-7-8-16-33-54-45-23-14-12-21-43(45)51(2,3)47(54)29-27-40-25-26-41(49(40)56(42-19-10-9-11-20-42)50(57)61-38-39-31-35-53(6)36-32-39)28-30-48-52(4,5)44-22-13-15-24-46(44)55(48)34-17-18-37-62(58,59)60/h9-15,19-24,27-32,35-36H,7-8,16-18,25-26,33-34,37-38H2,1-6H3/q+1/p+1. The highest BCUT2D eigenvalue weighted by Gasteiger charge is 2.44. The van der Waals surface area contributed by atoms with Gasteiger partial charge in [0.05, 0.1) is 22.6 Å². The summed E-state index contributed by atoms with van der Waals surface area (Å²) in [6, 6.07) is 30.8. The van der Waals surface area contributed by atoms with Crippen molar-refractivity contribution < 1.29 is 31.6 Å². The molecule has 9 nitrogen and oxygen atoms in total. The Kier molecular flexibility index (Phi) is 13.5. The zero-order chi connectivity index (χ0) is 44.1. The van der Waals surface area contributed by atoms with Gasteiger partial charge in [-0.1, -0.05) is 93.9 Å². The fourth-order valence-electron chi connectivity index (χ4n) is 9.26. The molecule has 2 aliphatic heterocycles. The van der Waals surface area contributed by atoms with Crippen LogP contribution in [-0.2, 0) is 39.3 Å². The molecule has 1 amide bonds. The van der Waals surface area contributed by atoms with Gasteiger partial charge in [-0.3, -0.25) is 4.55 Å². The normalized spacial score (nSPS) is 18.0. The maximum Gasteiger partial charge on any atom is 0.419 e. The average molecular weight is 855 g/mol. The lowest BCUT2D eigenvalue weighted by atomic mass is 9.81. The summed E-state index contributed by atoms with van der Waals surface area (Å²) in [7, 11) is -2.09. The molecule has 62 heavy (non-hydrogen) atoms. The van der Waals surface area contributed by atoms with E-state index in [0.717, 1.165) is 71.7 Å². The number of hydrogen-bond donors (Lipinski definition) is 1. The van der Waals surface area contributed by atoms with E-state index in [9.17, 15) is 17.8 Å². The Labute approximate surface area is 368 Å². The van der Waals surface area contributed by atoms with E-state index < -0.39 is 16.2 Å². The van der Waals surface area contributed by atoms with Crippen molar-refractivity contribution in [2.75, 3.05) is 28.6 Å². The number of rotatable bonds is 16. The van der Waals surface area contributed by atoms with E-state index >= 15 is 0 Å². The minimum atomic E-state index is -4.05. The number of ether oxygens (including phenoxy) is 1. The van der Waals surface area contributed by atoms with Crippen LogP contribution in [0.1, 0.15) is 96.3 Å². The Balaban J connectivity index is 1.35. The van der Waals surface area contributed by atoms with E-state index in [0.29, 0.717) is 25.8 Å². The monoisotopic (exact) mass is 854 g/mol. The third-order valence-electron chi connectivity index (χ3n) is 12.6. The van der Waals surface area contributed by atoms with E-state index in [1.165, 1.54) is 22.5 Å². The summed E-state index contributed by atoms with van der Waals surface area (Å²) in [5.41, 5.74) is 11.1. The van der Waals surface area contributed by atoms with E-state index in [4.69, 9.17) is 4.74 Å². The average Bonchev–Trinajstić information content (AvgIpc) is 3.82. The molecule has 0 spiro atoms. The third-order valence-corrected chi connectivity index (χ3v) is 13.4. The van der Waals surface area contributed by atoms with Crippen molar-refractivity contribution >= 4 is 39.0 Å². The van der Waals surface area contributed by atoms with Gasteiger partial charge >= 0.3 is 6.09 Å². The SMILES string of the molecule is CCCCC[N+]1=C(/C=C/C2=C(N(C(=O)OCc3cc[n+](C)cc3)c3ccccc3)C(=C/C=C3/N(CCCCS(=O)(=O)O)c4ccccc4C3(C)C)/CC2)C(C)(C)c2ccccc21. The van der Waals surface area contributed by atoms with Gasteiger partial charge in [-0.2, -0.15) is 13.0 Å². The van der Waals surface area contributed by atoms with Crippen molar-refractivity contribution in [2.45, 2.75) is 97.0 Å². The summed E-state index contributed by atoms with van der Waals surface area (Å²) in [5.74, 6) is -0.271. The first-order valence-corrected chi connectivity index (χ1v) is 23.7. The Hall–Kier alpha value is -5.58. The molecule has 0 unspecified atom stereocenters. The van der Waals surface area contributed by atoms with Crippen LogP contribution in [0.3, 0.4) is 0 Å². The second-order valence-electron chi connectivity index (χ2n) is 17.7. The number of para-hydroxylation sites is 3. The first-order chi connectivity index (χ1) is 29.7. The van der Waals surface area contributed by atoms with E-state index in [1.807, 2.05) is 72.5 Å². The molecule has 3 aliphatic rings. The molecular formula is C52H62N4O5S+2. The lowest BCUT2D eigenvalue weighted by molar-refractivity contribution is -0.671. The second-order valence-corrected chi connectivity index (χ2v) is 19.3. The number of hydrogen-bond acceptors (Lipinski definition) is 5. The van der Waals surface area contributed by atoms with Crippen molar-refractivity contribution in [2.24, 2.45) is 7.05 Å². The molecule has 0 fully saturated rings. The predicted octanol–water partition coefficient (Wildman–Crippen LogP) is 10.8. The van der Waals surface area contributed by atoms with Crippen molar-refractivity contribution in [3.8, 4) is 0 Å². The highest BCUT2D eigenvalue weighted by Crippen LogP contribution is 2.48. The van der Waals surface area contributed by atoms with Crippen molar-refractivity contribution in [3.63, 3.8) is 0 Å². The number of nitrogens with zero attached hydrogens (tertiary/aromatic N) is 4. The molecule has 1 N–H and O–H groups in total. The Morgan fingerprint density at radius 3 is 2.24 bits per heavy atom. The van der Waals surface area contributed by atoms with Crippen molar-refractivity contribution in [1.29, 1.82) is 0 Å². The number of unbranched alkanes of at least 4 members (excludes halogenated alkanes) is 3. The quantitative estimate of drug-likeness (QED) is 0.0685.